The average molecular weight is 347 g/mol. The lowest BCUT2D eigenvalue weighted by atomic mass is 10.2. The predicted octanol–water partition coefficient (Wildman–Crippen LogP) is 1.79. The van der Waals surface area contributed by atoms with Crippen molar-refractivity contribution in [3.8, 4) is 0 Å². The number of hydrogen-bond donors (Lipinski definition) is 2. The molecule has 19 heavy (non-hydrogen) atoms. The Balaban J connectivity index is 2.98. The number of primary sulfonamides is 1. The molecule has 0 spiro atoms. The Bertz CT molecular complexity index is 620. The minimum Gasteiger partial charge on any atom is -0.349 e. The number of benzene rings is 1. The summed E-state index contributed by atoms with van der Waals surface area (Å²) in [5.74, 6) is -0.358. The highest BCUT2D eigenvalue weighted by molar-refractivity contribution is 9.10. The zero-order valence-corrected chi connectivity index (χ0v) is 13.0. The summed E-state index contributed by atoms with van der Waals surface area (Å²) in [7, 11) is -3.84. The van der Waals surface area contributed by atoms with Crippen LogP contribution in [-0.4, -0.2) is 20.9 Å². The molecule has 1 amide bonds. The maximum absolute atomic E-state index is 11.9. The second kappa shape index (κ2) is 6.31. The Morgan fingerprint density at radius 1 is 1.37 bits per heavy atom. The molecule has 0 radical (unpaired) electrons. The summed E-state index contributed by atoms with van der Waals surface area (Å²) in [5.41, 5.74) is 1.32. The maximum atomic E-state index is 11.9. The van der Waals surface area contributed by atoms with E-state index in [-0.39, 0.29) is 16.4 Å². The normalized spacial score (nSPS) is 10.9. The number of allylic oxidation sites excluding steroid dienone is 1. The molecule has 1 rings (SSSR count). The van der Waals surface area contributed by atoms with Crippen molar-refractivity contribution in [1.82, 2.24) is 5.32 Å². The molecule has 1 aromatic carbocycles. The van der Waals surface area contributed by atoms with Gasteiger partial charge in [0.2, 0.25) is 10.0 Å². The number of sulfonamides is 1. The minimum absolute atomic E-state index is 0.103. The standard InChI is InChI=1S/C12H15BrN2O3S/c1-8(2)3-4-15-12(16)9-5-10(13)7-11(6-9)19(14,17)18/h3,5-7H,4H2,1-2H3,(H,15,16)(H2,14,17,18). The Kier molecular flexibility index (Phi) is 5.28. The van der Waals surface area contributed by atoms with Crippen molar-refractivity contribution in [2.45, 2.75) is 18.7 Å². The topological polar surface area (TPSA) is 89.3 Å². The van der Waals surface area contributed by atoms with Crippen LogP contribution in [0.1, 0.15) is 24.2 Å². The van der Waals surface area contributed by atoms with Crippen molar-refractivity contribution >= 4 is 31.9 Å². The first-order valence-corrected chi connectivity index (χ1v) is 7.79. The number of nitrogens with two attached hydrogens (primary N) is 1. The van der Waals surface area contributed by atoms with Crippen LogP contribution in [-0.2, 0) is 10.0 Å². The zero-order valence-electron chi connectivity index (χ0n) is 10.6. The predicted molar refractivity (Wildman–Crippen MR) is 77.3 cm³/mol. The highest BCUT2D eigenvalue weighted by Gasteiger charge is 2.13. The largest absolute Gasteiger partial charge is 0.349 e. The molecule has 0 saturated heterocycles. The molecule has 0 aliphatic carbocycles. The molecule has 7 heteroatoms. The second-order valence-corrected chi connectivity index (χ2v) is 6.69. The van der Waals surface area contributed by atoms with Gasteiger partial charge in [-0.3, -0.25) is 4.79 Å². The highest BCUT2D eigenvalue weighted by atomic mass is 79.9. The van der Waals surface area contributed by atoms with Crippen LogP contribution in [0.25, 0.3) is 0 Å². The molecule has 0 atom stereocenters. The lowest BCUT2D eigenvalue weighted by molar-refractivity contribution is 0.0957. The molecule has 0 bridgehead atoms. The van der Waals surface area contributed by atoms with Gasteiger partial charge in [0.05, 0.1) is 4.90 Å². The van der Waals surface area contributed by atoms with E-state index in [1.807, 2.05) is 19.9 Å². The van der Waals surface area contributed by atoms with E-state index in [2.05, 4.69) is 21.2 Å². The lowest BCUT2D eigenvalue weighted by Gasteiger charge is -2.06. The molecule has 1 aromatic rings. The van der Waals surface area contributed by atoms with Crippen molar-refractivity contribution in [3.05, 3.63) is 39.9 Å². The summed E-state index contributed by atoms with van der Waals surface area (Å²) < 4.78 is 23.0. The van der Waals surface area contributed by atoms with Gasteiger partial charge in [0, 0.05) is 16.6 Å². The summed E-state index contributed by atoms with van der Waals surface area (Å²) >= 11 is 3.15. The Labute approximate surface area is 121 Å². The summed E-state index contributed by atoms with van der Waals surface area (Å²) in [5, 5.41) is 7.71. The van der Waals surface area contributed by atoms with Crippen LogP contribution < -0.4 is 10.5 Å². The van der Waals surface area contributed by atoms with Crippen LogP contribution in [0.5, 0.6) is 0 Å². The number of rotatable bonds is 4. The van der Waals surface area contributed by atoms with Gasteiger partial charge in [-0.15, -0.1) is 0 Å². The van der Waals surface area contributed by atoms with E-state index in [1.165, 1.54) is 18.2 Å². The van der Waals surface area contributed by atoms with Gasteiger partial charge in [0.15, 0.2) is 0 Å². The number of halogens is 1. The van der Waals surface area contributed by atoms with E-state index < -0.39 is 10.0 Å². The molecule has 0 aliphatic rings. The van der Waals surface area contributed by atoms with Crippen LogP contribution in [0.3, 0.4) is 0 Å². The SMILES string of the molecule is CC(C)=CCNC(=O)c1cc(Br)cc(S(N)(=O)=O)c1. The molecule has 5 nitrogen and oxygen atoms in total. The molecule has 104 valence electrons. The number of carbonyl (C=O) groups is 1. The number of carbonyl (C=O) groups excluding carboxylic acids is 1. The van der Waals surface area contributed by atoms with Crippen molar-refractivity contribution in [1.29, 1.82) is 0 Å². The first kappa shape index (κ1) is 15.9. The Morgan fingerprint density at radius 2 is 2.00 bits per heavy atom. The van der Waals surface area contributed by atoms with Crippen LogP contribution in [0.4, 0.5) is 0 Å². The van der Waals surface area contributed by atoms with Gasteiger partial charge in [-0.1, -0.05) is 27.6 Å². The van der Waals surface area contributed by atoms with Crippen LogP contribution in [0.15, 0.2) is 39.2 Å². The molecular formula is C12H15BrN2O3S. The van der Waals surface area contributed by atoms with Gasteiger partial charge in [0.1, 0.15) is 0 Å². The highest BCUT2D eigenvalue weighted by Crippen LogP contribution is 2.18. The second-order valence-electron chi connectivity index (χ2n) is 4.21. The van der Waals surface area contributed by atoms with E-state index in [4.69, 9.17) is 5.14 Å². The third-order valence-corrected chi connectivity index (χ3v) is 3.59. The molecule has 0 aromatic heterocycles. The summed E-state index contributed by atoms with van der Waals surface area (Å²) in [6.07, 6.45) is 1.86. The minimum atomic E-state index is -3.84. The first-order valence-electron chi connectivity index (χ1n) is 5.45. The first-order chi connectivity index (χ1) is 8.70. The lowest BCUT2D eigenvalue weighted by Crippen LogP contribution is -2.24. The smallest absolute Gasteiger partial charge is 0.251 e. The van der Waals surface area contributed by atoms with Gasteiger partial charge in [-0.05, 0) is 32.0 Å². The molecular weight excluding hydrogens is 332 g/mol. The van der Waals surface area contributed by atoms with E-state index in [0.29, 0.717) is 11.0 Å². The molecule has 0 saturated carbocycles. The van der Waals surface area contributed by atoms with E-state index in [0.717, 1.165) is 5.57 Å². The fourth-order valence-corrected chi connectivity index (χ4v) is 2.54. The monoisotopic (exact) mass is 346 g/mol. The zero-order chi connectivity index (χ0) is 14.6. The Hall–Kier alpha value is -1.18. The Morgan fingerprint density at radius 3 is 2.53 bits per heavy atom. The van der Waals surface area contributed by atoms with Crippen molar-refractivity contribution in [2.75, 3.05) is 6.54 Å². The number of nitrogens with one attached hydrogen (secondary N) is 1. The average Bonchev–Trinajstić information content (AvgIpc) is 2.26. The van der Waals surface area contributed by atoms with Crippen LogP contribution in [0.2, 0.25) is 0 Å². The van der Waals surface area contributed by atoms with Gasteiger partial charge in [0.25, 0.3) is 5.91 Å². The fourth-order valence-electron chi connectivity index (χ4n) is 1.31. The molecule has 0 fully saturated rings. The van der Waals surface area contributed by atoms with Crippen molar-refractivity contribution in [3.63, 3.8) is 0 Å². The van der Waals surface area contributed by atoms with E-state index in [9.17, 15) is 13.2 Å². The van der Waals surface area contributed by atoms with Gasteiger partial charge in [-0.2, -0.15) is 0 Å². The van der Waals surface area contributed by atoms with Crippen LogP contribution >= 0.6 is 15.9 Å². The number of amides is 1. The van der Waals surface area contributed by atoms with E-state index in [1.54, 1.807) is 0 Å². The van der Waals surface area contributed by atoms with Gasteiger partial charge >= 0.3 is 0 Å². The van der Waals surface area contributed by atoms with E-state index >= 15 is 0 Å². The molecule has 0 unspecified atom stereocenters. The van der Waals surface area contributed by atoms with Crippen molar-refractivity contribution < 1.29 is 13.2 Å². The van der Waals surface area contributed by atoms with Gasteiger partial charge < -0.3 is 5.32 Å². The molecule has 0 aliphatic heterocycles. The summed E-state index contributed by atoms with van der Waals surface area (Å²) in [6.45, 7) is 4.23. The van der Waals surface area contributed by atoms with Gasteiger partial charge in [-0.25, -0.2) is 13.6 Å². The quantitative estimate of drug-likeness (QED) is 0.814. The fraction of sp³-hybridized carbons (Fsp3) is 0.250. The van der Waals surface area contributed by atoms with Crippen LogP contribution in [0, 0.1) is 0 Å². The third kappa shape index (κ3) is 5.14. The maximum Gasteiger partial charge on any atom is 0.251 e. The van der Waals surface area contributed by atoms with Crippen molar-refractivity contribution in [2.24, 2.45) is 5.14 Å². The summed E-state index contributed by atoms with van der Waals surface area (Å²) in [4.78, 5) is 11.8. The molecule has 0 heterocycles. The number of hydrogen-bond acceptors (Lipinski definition) is 3. The molecule has 3 N–H and O–H groups in total. The summed E-state index contributed by atoms with van der Waals surface area (Å²) in [6, 6.07) is 4.13. The third-order valence-electron chi connectivity index (χ3n) is 2.23.